The Morgan fingerprint density at radius 2 is 1.85 bits per heavy atom. The van der Waals surface area contributed by atoms with Gasteiger partial charge in [-0.1, -0.05) is 0 Å². The zero-order valence-corrected chi connectivity index (χ0v) is 16.9. The van der Waals surface area contributed by atoms with Crippen molar-refractivity contribution in [1.82, 2.24) is 0 Å². The highest BCUT2D eigenvalue weighted by atomic mass is 127. The van der Waals surface area contributed by atoms with Crippen LogP contribution in [-0.4, -0.2) is 32.7 Å². The van der Waals surface area contributed by atoms with Gasteiger partial charge in [-0.2, -0.15) is 0 Å². The smallest absolute Gasteiger partial charge is 0.150 e. The maximum absolute atomic E-state index is 10.7. The summed E-state index contributed by atoms with van der Waals surface area (Å²) in [5.41, 5.74) is 0.586. The average Bonchev–Trinajstić information content (AvgIpc) is 2.43. The number of carbonyl (C=O) groups is 1. The fourth-order valence-electron chi connectivity index (χ4n) is 1.36. The molecule has 1 unspecified atom stereocenters. The van der Waals surface area contributed by atoms with Gasteiger partial charge in [-0.15, -0.1) is 0 Å². The van der Waals surface area contributed by atoms with Gasteiger partial charge in [0.2, 0.25) is 0 Å². The molecule has 0 aromatic heterocycles. The van der Waals surface area contributed by atoms with Crippen LogP contribution in [0.5, 0.6) is 5.75 Å². The molecule has 0 saturated carbocycles. The molecule has 20 heavy (non-hydrogen) atoms. The second kappa shape index (κ2) is 11.3. The van der Waals surface area contributed by atoms with E-state index in [0.717, 1.165) is 28.3 Å². The summed E-state index contributed by atoms with van der Waals surface area (Å²) in [7, 11) is 0. The van der Waals surface area contributed by atoms with Crippen LogP contribution in [-0.2, 0) is 9.26 Å². The largest absolute Gasteiger partial charge is 0.489 e. The molecule has 0 fully saturated rings. The summed E-state index contributed by atoms with van der Waals surface area (Å²) in [4.78, 5) is 10.7. The Bertz CT molecular complexity index is 411. The third-order valence-electron chi connectivity index (χ3n) is 2.22. The first-order chi connectivity index (χ1) is 9.69. The highest BCUT2D eigenvalue weighted by Gasteiger charge is 2.08. The van der Waals surface area contributed by atoms with Crippen molar-refractivity contribution in [3.8, 4) is 5.75 Å². The normalized spacial score (nSPS) is 11.2. The van der Waals surface area contributed by atoms with E-state index < -0.39 is 0 Å². The molecule has 4 nitrogen and oxygen atoms in total. The molecule has 8 heteroatoms. The Hall–Kier alpha value is 0.730. The van der Waals surface area contributed by atoms with Crippen LogP contribution in [0, 0.1) is 0 Å². The van der Waals surface area contributed by atoms with E-state index in [1.807, 2.05) is 0 Å². The van der Waals surface area contributed by atoms with Crippen molar-refractivity contribution < 1.29 is 18.8 Å². The molecule has 1 aromatic rings. The van der Waals surface area contributed by atoms with E-state index in [-0.39, 0.29) is 0 Å². The van der Waals surface area contributed by atoms with Gasteiger partial charge in [0.1, 0.15) is 18.6 Å². The monoisotopic (exact) mass is 538 g/mol. The van der Waals surface area contributed by atoms with Gasteiger partial charge in [-0.25, -0.2) is 0 Å². The van der Waals surface area contributed by atoms with Gasteiger partial charge < -0.3 is 14.0 Å². The minimum Gasteiger partial charge on any atom is -0.489 e. The lowest BCUT2D eigenvalue weighted by molar-refractivity contribution is 0.0915. The van der Waals surface area contributed by atoms with Gasteiger partial charge >= 0.3 is 0 Å². The summed E-state index contributed by atoms with van der Waals surface area (Å²) in [5, 5.41) is 0. The number of hydrogen-bond acceptors (Lipinski definition) is 4. The lowest BCUT2D eigenvalue weighted by Gasteiger charge is -2.11. The second-order valence-corrected chi connectivity index (χ2v) is 7.14. The van der Waals surface area contributed by atoms with E-state index in [4.69, 9.17) is 14.0 Å². The molecule has 0 aliphatic heterocycles. The molecule has 1 aromatic carbocycles. The van der Waals surface area contributed by atoms with Crippen molar-refractivity contribution in [3.05, 3.63) is 26.6 Å². The summed E-state index contributed by atoms with van der Waals surface area (Å²) in [5.74, 6) is 0.675. The van der Waals surface area contributed by atoms with Crippen LogP contribution < -0.4 is 4.74 Å². The van der Waals surface area contributed by atoms with E-state index in [2.05, 4.69) is 53.9 Å². The second-order valence-electron chi connectivity index (χ2n) is 3.67. The van der Waals surface area contributed by atoms with Crippen molar-refractivity contribution in [3.63, 3.8) is 0 Å². The van der Waals surface area contributed by atoms with Gasteiger partial charge in [0.15, 0.2) is 0 Å². The van der Waals surface area contributed by atoms with E-state index in [1.165, 1.54) is 0 Å². The number of benzene rings is 1. The van der Waals surface area contributed by atoms with Crippen molar-refractivity contribution in [2.45, 2.75) is 6.42 Å². The topological polar surface area (TPSA) is 44.8 Å². The van der Waals surface area contributed by atoms with E-state index in [1.54, 1.807) is 12.1 Å². The summed E-state index contributed by atoms with van der Waals surface area (Å²) in [6.45, 7) is 2.86. The molecule has 0 amide bonds. The minimum absolute atomic E-state index is 0.451. The zero-order chi connectivity index (χ0) is 14.8. The lowest BCUT2D eigenvalue weighted by Crippen LogP contribution is -2.09. The molecule has 0 spiro atoms. The summed E-state index contributed by atoms with van der Waals surface area (Å²) in [6, 6.07) is 3.44. The molecule has 0 saturated heterocycles. The van der Waals surface area contributed by atoms with Crippen LogP contribution in [0.3, 0.4) is 0 Å². The third kappa shape index (κ3) is 7.13. The average molecular weight is 540 g/mol. The van der Waals surface area contributed by atoms with Crippen LogP contribution in [0.25, 0.3) is 0 Å². The number of halogens is 3. The van der Waals surface area contributed by atoms with Gasteiger partial charge in [0.25, 0.3) is 0 Å². The predicted molar refractivity (Wildman–Crippen MR) is 96.4 cm³/mol. The zero-order valence-electron chi connectivity index (χ0n) is 10.5. The van der Waals surface area contributed by atoms with E-state index >= 15 is 0 Å². The molecule has 0 N–H and O–H groups in total. The number of hydrogen-bond donors (Lipinski definition) is 0. The molecule has 0 aliphatic carbocycles. The minimum atomic E-state index is 0.451. The third-order valence-corrected chi connectivity index (χ3v) is 4.65. The van der Waals surface area contributed by atoms with Crippen LogP contribution in [0.4, 0.5) is 0 Å². The quantitative estimate of drug-likeness (QED) is 0.186. The Labute approximate surface area is 149 Å². The first-order valence-electron chi connectivity index (χ1n) is 5.81. The van der Waals surface area contributed by atoms with Crippen LogP contribution in [0.1, 0.15) is 16.8 Å². The van der Waals surface area contributed by atoms with Crippen molar-refractivity contribution in [2.75, 3.05) is 26.4 Å². The molecule has 0 bridgehead atoms. The maximum atomic E-state index is 10.7. The van der Waals surface area contributed by atoms with Crippen molar-refractivity contribution in [1.29, 1.82) is 0 Å². The lowest BCUT2D eigenvalue weighted by atomic mass is 10.2. The summed E-state index contributed by atoms with van der Waals surface area (Å²) >= 11 is 8.95. The Morgan fingerprint density at radius 3 is 2.45 bits per heavy atom. The molecular weight excluding hydrogens is 526 g/mol. The number of aldehydes is 1. The molecule has 0 heterocycles. The molecule has 112 valence electrons. The SMILES string of the molecule is O=Cc1cc(Br)c(OCCOCCCOPI)c(Br)c1. The predicted octanol–water partition coefficient (Wildman–Crippen LogP) is 4.77. The van der Waals surface area contributed by atoms with Gasteiger partial charge in [0.05, 0.1) is 28.6 Å². The van der Waals surface area contributed by atoms with Gasteiger partial charge in [-0.3, -0.25) is 4.79 Å². The standard InChI is InChI=1S/C12H14Br2IO4P/c13-10-6-9(8-16)7-11(14)12(10)18-5-4-17-2-1-3-19-20-15/h6-8,20H,1-5H2. The summed E-state index contributed by atoms with van der Waals surface area (Å²) in [6.07, 6.45) is 1.68. The maximum Gasteiger partial charge on any atom is 0.150 e. The first kappa shape index (κ1) is 18.8. The van der Waals surface area contributed by atoms with Crippen LogP contribution in [0.2, 0.25) is 0 Å². The van der Waals surface area contributed by atoms with Gasteiger partial charge in [0, 0.05) is 12.2 Å². The van der Waals surface area contributed by atoms with E-state index in [0.29, 0.717) is 37.6 Å². The Morgan fingerprint density at radius 1 is 1.15 bits per heavy atom. The van der Waals surface area contributed by atoms with Gasteiger partial charge in [-0.05, 0) is 72.5 Å². The van der Waals surface area contributed by atoms with Crippen LogP contribution in [0.15, 0.2) is 21.1 Å². The summed E-state index contributed by atoms with van der Waals surface area (Å²) < 4.78 is 17.8. The number of rotatable bonds is 10. The molecule has 1 atom stereocenters. The fraction of sp³-hybridized carbons (Fsp3) is 0.417. The number of ether oxygens (including phenoxy) is 2. The molecular formula is C12H14Br2IO4P. The van der Waals surface area contributed by atoms with Crippen molar-refractivity contribution in [2.24, 2.45) is 0 Å². The Balaban J connectivity index is 2.27. The highest BCUT2D eigenvalue weighted by molar-refractivity contribution is 14.2. The highest BCUT2D eigenvalue weighted by Crippen LogP contribution is 2.34. The van der Waals surface area contributed by atoms with Crippen LogP contribution >= 0.6 is 60.4 Å². The molecule has 1 rings (SSSR count). The fourth-order valence-corrected chi connectivity index (χ4v) is 3.69. The molecule has 0 aliphatic rings. The number of carbonyl (C=O) groups excluding carboxylic acids is 1. The Kier molecular flexibility index (Phi) is 10.6. The molecule has 0 radical (unpaired) electrons. The van der Waals surface area contributed by atoms with Crippen molar-refractivity contribution >= 4 is 66.6 Å². The first-order valence-corrected chi connectivity index (χ1v) is 11.4. The van der Waals surface area contributed by atoms with E-state index in [9.17, 15) is 4.79 Å².